The second-order valence-electron chi connectivity index (χ2n) is 5.22. The number of nitrogens with zero attached hydrogens (tertiary/aromatic N) is 1. The summed E-state index contributed by atoms with van der Waals surface area (Å²) < 4.78 is 10.9. The van der Waals surface area contributed by atoms with Crippen LogP contribution in [0.15, 0.2) is 24.3 Å². The van der Waals surface area contributed by atoms with Gasteiger partial charge in [-0.2, -0.15) is 0 Å². The van der Waals surface area contributed by atoms with E-state index >= 15 is 0 Å². The molecule has 0 spiro atoms. The molecule has 20 heavy (non-hydrogen) atoms. The van der Waals surface area contributed by atoms with Gasteiger partial charge < -0.3 is 14.6 Å². The molecule has 2 rings (SSSR count). The van der Waals surface area contributed by atoms with Crippen molar-refractivity contribution in [2.75, 3.05) is 33.4 Å². The fourth-order valence-corrected chi connectivity index (χ4v) is 2.46. The van der Waals surface area contributed by atoms with Gasteiger partial charge >= 0.3 is 0 Å². The van der Waals surface area contributed by atoms with Crippen molar-refractivity contribution in [3.05, 3.63) is 24.3 Å². The summed E-state index contributed by atoms with van der Waals surface area (Å²) in [5.74, 6) is 1.72. The molecule has 0 aliphatic heterocycles. The van der Waals surface area contributed by atoms with Crippen LogP contribution in [0, 0.1) is 0 Å². The molecule has 1 N–H and O–H groups in total. The molecule has 1 fully saturated rings. The van der Waals surface area contributed by atoms with Crippen LogP contribution in [0.1, 0.15) is 25.7 Å². The lowest BCUT2D eigenvalue weighted by molar-refractivity contribution is 0.0984. The van der Waals surface area contributed by atoms with Crippen molar-refractivity contribution >= 4 is 0 Å². The Labute approximate surface area is 121 Å². The van der Waals surface area contributed by atoms with Crippen molar-refractivity contribution in [2.45, 2.75) is 31.7 Å². The molecule has 4 nitrogen and oxygen atoms in total. The molecular weight excluding hydrogens is 254 g/mol. The minimum Gasteiger partial charge on any atom is -0.497 e. The van der Waals surface area contributed by atoms with Gasteiger partial charge in [-0.15, -0.1) is 0 Å². The third kappa shape index (κ3) is 4.39. The molecule has 0 amide bonds. The zero-order valence-corrected chi connectivity index (χ0v) is 12.3. The number of aliphatic hydroxyl groups is 1. The van der Waals surface area contributed by atoms with Crippen LogP contribution in [0.3, 0.4) is 0 Å². The second kappa shape index (κ2) is 8.12. The van der Waals surface area contributed by atoms with Gasteiger partial charge in [-0.3, -0.25) is 4.90 Å². The molecule has 0 saturated heterocycles. The van der Waals surface area contributed by atoms with Gasteiger partial charge in [0.25, 0.3) is 0 Å². The second-order valence-corrected chi connectivity index (χ2v) is 5.22. The maximum Gasteiger partial charge on any atom is 0.119 e. The Kier molecular flexibility index (Phi) is 6.15. The Morgan fingerprint density at radius 1 is 1.15 bits per heavy atom. The quantitative estimate of drug-likeness (QED) is 0.753. The number of hydrogen-bond acceptors (Lipinski definition) is 4. The number of hydrogen-bond donors (Lipinski definition) is 1. The highest BCUT2D eigenvalue weighted by atomic mass is 16.5. The van der Waals surface area contributed by atoms with Gasteiger partial charge in [-0.1, -0.05) is 6.42 Å². The van der Waals surface area contributed by atoms with Crippen LogP contribution in [-0.2, 0) is 0 Å². The average Bonchev–Trinajstić information content (AvgIpc) is 2.43. The number of ether oxygens (including phenoxy) is 2. The molecule has 1 aromatic rings. The summed E-state index contributed by atoms with van der Waals surface area (Å²) in [6.07, 6.45) is 4.75. The molecule has 1 aliphatic rings. The van der Waals surface area contributed by atoms with Crippen molar-refractivity contribution in [2.24, 2.45) is 0 Å². The highest BCUT2D eigenvalue weighted by Crippen LogP contribution is 2.24. The first kappa shape index (κ1) is 15.1. The Balaban J connectivity index is 1.73. The normalized spacial score (nSPS) is 15.2. The maximum absolute atomic E-state index is 8.97. The van der Waals surface area contributed by atoms with Crippen molar-refractivity contribution in [3.8, 4) is 11.5 Å². The Morgan fingerprint density at radius 2 is 1.85 bits per heavy atom. The monoisotopic (exact) mass is 279 g/mol. The number of methoxy groups -OCH3 is 1. The standard InChI is InChI=1S/C16H25NO3/c1-19-15-6-8-16(9-7-15)20-13-11-17(10-3-12-18)14-4-2-5-14/h6-9,14,18H,2-5,10-13H2,1H3. The van der Waals surface area contributed by atoms with Crippen LogP contribution in [0.2, 0.25) is 0 Å². The predicted octanol–water partition coefficient (Wildman–Crippen LogP) is 2.31. The van der Waals surface area contributed by atoms with Crippen LogP contribution in [-0.4, -0.2) is 49.5 Å². The van der Waals surface area contributed by atoms with Crippen molar-refractivity contribution in [3.63, 3.8) is 0 Å². The van der Waals surface area contributed by atoms with Crippen molar-refractivity contribution < 1.29 is 14.6 Å². The van der Waals surface area contributed by atoms with Crippen LogP contribution in [0.4, 0.5) is 0 Å². The Hall–Kier alpha value is -1.26. The van der Waals surface area contributed by atoms with E-state index in [2.05, 4.69) is 4.90 Å². The molecule has 1 saturated carbocycles. The summed E-state index contributed by atoms with van der Waals surface area (Å²) >= 11 is 0. The largest absolute Gasteiger partial charge is 0.497 e. The van der Waals surface area contributed by atoms with E-state index in [9.17, 15) is 0 Å². The fraction of sp³-hybridized carbons (Fsp3) is 0.625. The van der Waals surface area contributed by atoms with Gasteiger partial charge in [-0.25, -0.2) is 0 Å². The van der Waals surface area contributed by atoms with E-state index in [0.717, 1.165) is 31.0 Å². The lowest BCUT2D eigenvalue weighted by Crippen LogP contribution is -2.43. The molecule has 0 bridgehead atoms. The van der Waals surface area contributed by atoms with Gasteiger partial charge in [0.2, 0.25) is 0 Å². The topological polar surface area (TPSA) is 41.9 Å². The summed E-state index contributed by atoms with van der Waals surface area (Å²) in [6.45, 7) is 2.85. The summed E-state index contributed by atoms with van der Waals surface area (Å²) in [5, 5.41) is 8.97. The number of benzene rings is 1. The van der Waals surface area contributed by atoms with Gasteiger partial charge in [-0.05, 0) is 43.5 Å². The SMILES string of the molecule is COc1ccc(OCCN(CCCO)C2CCC2)cc1. The summed E-state index contributed by atoms with van der Waals surface area (Å²) in [5.41, 5.74) is 0. The van der Waals surface area contributed by atoms with E-state index in [-0.39, 0.29) is 6.61 Å². The predicted molar refractivity (Wildman–Crippen MR) is 79.4 cm³/mol. The van der Waals surface area contributed by atoms with E-state index in [1.54, 1.807) is 7.11 Å². The minimum absolute atomic E-state index is 0.266. The van der Waals surface area contributed by atoms with Crippen LogP contribution in [0.5, 0.6) is 11.5 Å². The number of rotatable bonds is 9. The Morgan fingerprint density at radius 3 is 2.40 bits per heavy atom. The molecule has 0 atom stereocenters. The Bertz CT molecular complexity index is 376. The zero-order valence-electron chi connectivity index (χ0n) is 12.3. The van der Waals surface area contributed by atoms with E-state index in [4.69, 9.17) is 14.6 Å². The molecule has 1 aromatic carbocycles. The zero-order chi connectivity index (χ0) is 14.2. The molecular formula is C16H25NO3. The van der Waals surface area contributed by atoms with E-state index < -0.39 is 0 Å². The fourth-order valence-electron chi connectivity index (χ4n) is 2.46. The summed E-state index contributed by atoms with van der Waals surface area (Å²) in [6, 6.07) is 8.37. The molecule has 4 heteroatoms. The van der Waals surface area contributed by atoms with Crippen LogP contribution >= 0.6 is 0 Å². The van der Waals surface area contributed by atoms with Gasteiger partial charge in [0.15, 0.2) is 0 Å². The lowest BCUT2D eigenvalue weighted by Gasteiger charge is -2.37. The first-order valence-electron chi connectivity index (χ1n) is 7.45. The smallest absolute Gasteiger partial charge is 0.119 e. The molecule has 112 valence electrons. The molecule has 0 aromatic heterocycles. The average molecular weight is 279 g/mol. The third-order valence-electron chi connectivity index (χ3n) is 3.90. The van der Waals surface area contributed by atoms with E-state index in [0.29, 0.717) is 12.6 Å². The first-order chi connectivity index (χ1) is 9.83. The third-order valence-corrected chi connectivity index (χ3v) is 3.90. The lowest BCUT2D eigenvalue weighted by atomic mass is 9.91. The molecule has 0 unspecified atom stereocenters. The maximum atomic E-state index is 8.97. The highest BCUT2D eigenvalue weighted by molar-refractivity contribution is 5.31. The van der Waals surface area contributed by atoms with Gasteiger partial charge in [0.1, 0.15) is 18.1 Å². The van der Waals surface area contributed by atoms with Crippen molar-refractivity contribution in [1.29, 1.82) is 0 Å². The molecule has 0 heterocycles. The summed E-state index contributed by atoms with van der Waals surface area (Å²) in [7, 11) is 1.66. The number of aliphatic hydroxyl groups excluding tert-OH is 1. The first-order valence-corrected chi connectivity index (χ1v) is 7.45. The van der Waals surface area contributed by atoms with E-state index in [1.165, 1.54) is 19.3 Å². The minimum atomic E-state index is 0.266. The van der Waals surface area contributed by atoms with Gasteiger partial charge in [0.05, 0.1) is 7.11 Å². The van der Waals surface area contributed by atoms with Crippen LogP contribution in [0.25, 0.3) is 0 Å². The van der Waals surface area contributed by atoms with Crippen molar-refractivity contribution in [1.82, 2.24) is 4.90 Å². The van der Waals surface area contributed by atoms with E-state index in [1.807, 2.05) is 24.3 Å². The molecule has 0 radical (unpaired) electrons. The van der Waals surface area contributed by atoms with Crippen LogP contribution < -0.4 is 9.47 Å². The molecule has 1 aliphatic carbocycles. The summed E-state index contributed by atoms with van der Waals surface area (Å²) in [4.78, 5) is 2.45. The van der Waals surface area contributed by atoms with Gasteiger partial charge in [0, 0.05) is 25.7 Å². The highest BCUT2D eigenvalue weighted by Gasteiger charge is 2.24.